The predicted octanol–water partition coefficient (Wildman–Crippen LogP) is 3.61. The minimum Gasteiger partial charge on any atom is -0.308 e. The molecule has 1 fully saturated rings. The predicted molar refractivity (Wildman–Crippen MR) is 123 cm³/mol. The Bertz CT molecular complexity index is 1120. The zero-order valence-corrected chi connectivity index (χ0v) is 18.8. The number of hydrogen-bond acceptors (Lipinski definition) is 4. The smallest absolute Gasteiger partial charge is 0.232 e. The summed E-state index contributed by atoms with van der Waals surface area (Å²) >= 11 is 0. The summed E-state index contributed by atoms with van der Waals surface area (Å²) in [5.41, 5.74) is 3.80. The summed E-state index contributed by atoms with van der Waals surface area (Å²) in [6.07, 6.45) is 1.84. The van der Waals surface area contributed by atoms with Crippen LogP contribution in [0.2, 0.25) is 0 Å². The Morgan fingerprint density at radius 1 is 1.03 bits per heavy atom. The summed E-state index contributed by atoms with van der Waals surface area (Å²) < 4.78 is 26.1. The van der Waals surface area contributed by atoms with Crippen molar-refractivity contribution < 1.29 is 18.0 Å². The molecule has 1 N–H and O–H groups in total. The molecule has 0 bridgehead atoms. The van der Waals surface area contributed by atoms with Crippen LogP contribution < -0.4 is 14.5 Å². The number of nitrogens with zero attached hydrogens (tertiary/aromatic N) is 2. The third-order valence-corrected chi connectivity index (χ3v) is 7.12. The Morgan fingerprint density at radius 3 is 2.26 bits per heavy atom. The average Bonchev–Trinajstić information content (AvgIpc) is 3.58. The number of rotatable bonds is 5. The zero-order valence-electron chi connectivity index (χ0n) is 18.0. The summed E-state index contributed by atoms with van der Waals surface area (Å²) in [5.74, 6) is 0.166. The second-order valence-corrected chi connectivity index (χ2v) is 10.3. The number of sulfonamides is 1. The second kappa shape index (κ2) is 8.00. The van der Waals surface area contributed by atoms with E-state index in [0.717, 1.165) is 35.3 Å². The number of amides is 2. The first kappa shape index (κ1) is 21.4. The molecule has 1 saturated carbocycles. The number of anilines is 3. The van der Waals surface area contributed by atoms with Gasteiger partial charge in [-0.1, -0.05) is 18.2 Å². The Kier molecular flexibility index (Phi) is 5.51. The van der Waals surface area contributed by atoms with Crippen molar-refractivity contribution in [3.8, 4) is 11.1 Å². The van der Waals surface area contributed by atoms with Crippen LogP contribution in [0, 0.1) is 5.92 Å². The van der Waals surface area contributed by atoms with Crippen LogP contribution in [0.15, 0.2) is 42.5 Å². The maximum atomic E-state index is 13.0. The lowest BCUT2D eigenvalue weighted by atomic mass is 10.00. The lowest BCUT2D eigenvalue weighted by molar-refractivity contribution is -0.120. The summed E-state index contributed by atoms with van der Waals surface area (Å²) in [5, 5.41) is 0. The van der Waals surface area contributed by atoms with E-state index in [9.17, 15) is 18.0 Å². The van der Waals surface area contributed by atoms with E-state index in [4.69, 9.17) is 0 Å². The Labute approximate surface area is 183 Å². The first-order valence-corrected chi connectivity index (χ1v) is 12.2. The lowest BCUT2D eigenvalue weighted by Gasteiger charge is -2.41. The minimum absolute atomic E-state index is 0.00943. The first-order valence-electron chi connectivity index (χ1n) is 10.6. The van der Waals surface area contributed by atoms with Crippen molar-refractivity contribution in [3.63, 3.8) is 0 Å². The molecule has 164 valence electrons. The standard InChI is InChI=1S/C23H27N3O4S/c1-4-31(29,30)24-20-10-7-17(8-11-20)19-9-12-21-22(13-19)25(23(28)18-5-6-18)14-15(2)26(21)16(3)27/h7-13,15,18,24H,4-6,14H2,1-3H3/t15-/m0/s1. The van der Waals surface area contributed by atoms with Crippen LogP contribution in [0.1, 0.15) is 33.6 Å². The molecule has 2 aliphatic rings. The number of carbonyl (C=O) groups excluding carboxylic acids is 2. The van der Waals surface area contributed by atoms with E-state index in [2.05, 4.69) is 4.72 Å². The van der Waals surface area contributed by atoms with Crippen molar-refractivity contribution in [3.05, 3.63) is 42.5 Å². The van der Waals surface area contributed by atoms with E-state index in [0.29, 0.717) is 12.2 Å². The van der Waals surface area contributed by atoms with Gasteiger partial charge in [0.15, 0.2) is 0 Å². The molecule has 0 radical (unpaired) electrons. The number of nitrogens with one attached hydrogen (secondary N) is 1. The molecule has 7 nitrogen and oxygen atoms in total. The monoisotopic (exact) mass is 441 g/mol. The van der Waals surface area contributed by atoms with Crippen molar-refractivity contribution >= 4 is 38.9 Å². The molecule has 0 aromatic heterocycles. The molecule has 1 heterocycles. The van der Waals surface area contributed by atoms with E-state index < -0.39 is 10.0 Å². The molecule has 31 heavy (non-hydrogen) atoms. The van der Waals surface area contributed by atoms with Crippen LogP contribution in [0.3, 0.4) is 0 Å². The van der Waals surface area contributed by atoms with E-state index >= 15 is 0 Å². The van der Waals surface area contributed by atoms with Crippen LogP contribution in [0.5, 0.6) is 0 Å². The normalized spacial score (nSPS) is 18.5. The summed E-state index contributed by atoms with van der Waals surface area (Å²) in [7, 11) is -3.33. The van der Waals surface area contributed by atoms with Gasteiger partial charge in [-0.25, -0.2) is 8.42 Å². The van der Waals surface area contributed by atoms with Crippen LogP contribution in [0.25, 0.3) is 11.1 Å². The Balaban J connectivity index is 1.70. The van der Waals surface area contributed by atoms with Crippen molar-refractivity contribution in [2.24, 2.45) is 5.92 Å². The Morgan fingerprint density at radius 2 is 1.68 bits per heavy atom. The maximum Gasteiger partial charge on any atom is 0.232 e. The maximum absolute atomic E-state index is 13.0. The molecule has 2 aromatic carbocycles. The van der Waals surface area contributed by atoms with Crippen molar-refractivity contribution in [2.45, 2.75) is 39.7 Å². The second-order valence-electron chi connectivity index (χ2n) is 8.25. The molecular formula is C23H27N3O4S. The van der Waals surface area contributed by atoms with Crippen LogP contribution in [-0.4, -0.2) is 38.6 Å². The van der Waals surface area contributed by atoms with Crippen molar-refractivity contribution in [2.75, 3.05) is 26.8 Å². The van der Waals surface area contributed by atoms with E-state index in [1.165, 1.54) is 0 Å². The van der Waals surface area contributed by atoms with Gasteiger partial charge in [0.05, 0.1) is 23.2 Å². The quantitative estimate of drug-likeness (QED) is 0.768. The molecule has 1 aliphatic heterocycles. The molecule has 0 saturated heterocycles. The molecule has 2 amide bonds. The van der Waals surface area contributed by atoms with Gasteiger partial charge in [-0.2, -0.15) is 0 Å². The highest BCUT2D eigenvalue weighted by molar-refractivity contribution is 7.92. The summed E-state index contributed by atoms with van der Waals surface area (Å²) in [4.78, 5) is 28.8. The van der Waals surface area contributed by atoms with Gasteiger partial charge in [0, 0.05) is 25.1 Å². The number of benzene rings is 2. The van der Waals surface area contributed by atoms with Crippen molar-refractivity contribution in [1.29, 1.82) is 0 Å². The van der Waals surface area contributed by atoms with Crippen LogP contribution in [0.4, 0.5) is 17.1 Å². The summed E-state index contributed by atoms with van der Waals surface area (Å²) in [6, 6.07) is 12.8. The molecule has 4 rings (SSSR count). The summed E-state index contributed by atoms with van der Waals surface area (Å²) in [6.45, 7) is 5.57. The topological polar surface area (TPSA) is 86.8 Å². The highest BCUT2D eigenvalue weighted by atomic mass is 32.2. The third-order valence-electron chi connectivity index (χ3n) is 5.82. The van der Waals surface area contributed by atoms with Gasteiger partial charge in [-0.15, -0.1) is 0 Å². The van der Waals surface area contributed by atoms with Crippen LogP contribution >= 0.6 is 0 Å². The fourth-order valence-electron chi connectivity index (χ4n) is 4.03. The Hall–Kier alpha value is -2.87. The number of fused-ring (bicyclic) bond motifs is 1. The average molecular weight is 442 g/mol. The van der Waals surface area contributed by atoms with E-state index in [-0.39, 0.29) is 29.5 Å². The van der Waals surface area contributed by atoms with E-state index in [1.54, 1.807) is 30.9 Å². The fraction of sp³-hybridized carbons (Fsp3) is 0.391. The largest absolute Gasteiger partial charge is 0.308 e. The van der Waals surface area contributed by atoms with Gasteiger partial charge in [0.25, 0.3) is 0 Å². The van der Waals surface area contributed by atoms with E-state index in [1.807, 2.05) is 42.2 Å². The van der Waals surface area contributed by atoms with Gasteiger partial charge in [0.2, 0.25) is 21.8 Å². The molecule has 8 heteroatoms. The number of carbonyl (C=O) groups is 2. The zero-order chi connectivity index (χ0) is 22.3. The van der Waals surface area contributed by atoms with Crippen LogP contribution in [-0.2, 0) is 19.6 Å². The third kappa shape index (κ3) is 4.30. The molecule has 2 aromatic rings. The SMILES string of the molecule is CCS(=O)(=O)Nc1ccc(-c2ccc3c(c2)N(C(=O)C2CC2)C[C@H](C)N3C(C)=O)cc1. The van der Waals surface area contributed by atoms with Gasteiger partial charge >= 0.3 is 0 Å². The first-order chi connectivity index (χ1) is 14.7. The fourth-order valence-corrected chi connectivity index (χ4v) is 4.67. The molecular weight excluding hydrogens is 414 g/mol. The van der Waals surface area contributed by atoms with Gasteiger partial charge < -0.3 is 9.80 Å². The molecule has 0 unspecified atom stereocenters. The lowest BCUT2D eigenvalue weighted by Crippen LogP contribution is -2.51. The molecule has 1 aliphatic carbocycles. The van der Waals surface area contributed by atoms with Gasteiger partial charge in [-0.05, 0) is 62.1 Å². The molecule has 0 spiro atoms. The number of hydrogen-bond donors (Lipinski definition) is 1. The highest BCUT2D eigenvalue weighted by Gasteiger charge is 2.39. The van der Waals surface area contributed by atoms with Crippen molar-refractivity contribution in [1.82, 2.24) is 0 Å². The molecule has 1 atom stereocenters. The van der Waals surface area contributed by atoms with Gasteiger partial charge in [0.1, 0.15) is 0 Å². The van der Waals surface area contributed by atoms with Gasteiger partial charge in [-0.3, -0.25) is 14.3 Å². The minimum atomic E-state index is -3.33. The highest BCUT2D eigenvalue weighted by Crippen LogP contribution is 2.42.